The minimum absolute atomic E-state index is 0.450. The first-order chi connectivity index (χ1) is 19.4. The Morgan fingerprint density at radius 2 is 1.68 bits per heavy atom. The molecule has 3 heterocycles. The maximum Gasteiger partial charge on any atom is 0.233 e. The Morgan fingerprint density at radius 3 is 2.30 bits per heavy atom. The SMILES string of the molecule is COc1ccc(-c2ncnc(N3CCN(C(N)=S)CC3)c2C)c(N)c1.Cc1ccc(SNc2ncccn2)cc1. The van der Waals surface area contributed by atoms with E-state index in [1.165, 1.54) is 17.5 Å². The minimum Gasteiger partial charge on any atom is -0.497 e. The van der Waals surface area contributed by atoms with E-state index in [0.29, 0.717) is 16.7 Å². The lowest BCUT2D eigenvalue weighted by molar-refractivity contribution is 0.387. The van der Waals surface area contributed by atoms with E-state index < -0.39 is 0 Å². The van der Waals surface area contributed by atoms with E-state index in [9.17, 15) is 0 Å². The highest BCUT2D eigenvalue weighted by atomic mass is 32.2. The fourth-order valence-electron chi connectivity index (χ4n) is 4.12. The number of methoxy groups -OCH3 is 1. The Bertz CT molecular complexity index is 1410. The van der Waals surface area contributed by atoms with Gasteiger partial charge in [-0.2, -0.15) is 0 Å². The highest BCUT2D eigenvalue weighted by Crippen LogP contribution is 2.33. The van der Waals surface area contributed by atoms with Gasteiger partial charge in [-0.15, -0.1) is 0 Å². The summed E-state index contributed by atoms with van der Waals surface area (Å²) >= 11 is 6.56. The van der Waals surface area contributed by atoms with Crippen molar-refractivity contribution in [1.29, 1.82) is 0 Å². The minimum atomic E-state index is 0.450. The molecule has 0 bridgehead atoms. The second-order valence-electron chi connectivity index (χ2n) is 9.03. The highest BCUT2D eigenvalue weighted by Gasteiger charge is 2.22. The van der Waals surface area contributed by atoms with Crippen LogP contribution in [0, 0.1) is 13.8 Å². The second-order valence-corrected chi connectivity index (χ2v) is 10.3. The van der Waals surface area contributed by atoms with Crippen LogP contribution in [-0.4, -0.2) is 63.2 Å². The summed E-state index contributed by atoms with van der Waals surface area (Å²) in [5, 5.41) is 0.450. The molecule has 5 N–H and O–H groups in total. The molecular weight excluding hydrogens is 543 g/mol. The molecule has 0 atom stereocenters. The van der Waals surface area contributed by atoms with Crippen LogP contribution < -0.4 is 25.8 Å². The molecule has 2 aromatic carbocycles. The van der Waals surface area contributed by atoms with Crippen molar-refractivity contribution < 1.29 is 4.74 Å². The number of aromatic nitrogens is 4. The zero-order valence-electron chi connectivity index (χ0n) is 22.7. The summed E-state index contributed by atoms with van der Waals surface area (Å²) in [6.45, 7) is 7.30. The predicted molar refractivity (Wildman–Crippen MR) is 166 cm³/mol. The van der Waals surface area contributed by atoms with Crippen molar-refractivity contribution in [3.05, 3.63) is 78.4 Å². The second kappa shape index (κ2) is 13.8. The number of anilines is 3. The molecule has 0 spiro atoms. The predicted octanol–water partition coefficient (Wildman–Crippen LogP) is 4.31. The number of thiocarbonyl (C=S) groups is 1. The van der Waals surface area contributed by atoms with E-state index in [4.69, 9.17) is 28.4 Å². The van der Waals surface area contributed by atoms with Crippen LogP contribution in [0.5, 0.6) is 5.75 Å². The van der Waals surface area contributed by atoms with Gasteiger partial charge in [0.25, 0.3) is 0 Å². The Labute approximate surface area is 244 Å². The third kappa shape index (κ3) is 7.48. The fraction of sp³-hybridized carbons (Fsp3) is 0.250. The Kier molecular flexibility index (Phi) is 9.92. The van der Waals surface area contributed by atoms with Crippen LogP contribution in [0.2, 0.25) is 0 Å². The molecule has 1 aliphatic heterocycles. The number of nitrogens with two attached hydrogens (primary N) is 2. The van der Waals surface area contributed by atoms with Gasteiger partial charge in [-0.25, -0.2) is 19.9 Å². The summed E-state index contributed by atoms with van der Waals surface area (Å²) in [5.41, 5.74) is 16.5. The summed E-state index contributed by atoms with van der Waals surface area (Å²) in [6, 6.07) is 15.7. The number of piperazine rings is 1. The molecule has 12 heteroatoms. The number of nitrogens with one attached hydrogen (secondary N) is 1. The Morgan fingerprint density at radius 1 is 0.975 bits per heavy atom. The molecule has 2 aromatic heterocycles. The van der Waals surface area contributed by atoms with Crippen LogP contribution in [0.4, 0.5) is 17.5 Å². The Balaban J connectivity index is 0.000000210. The molecular formula is C28H33N9OS2. The fourth-order valence-corrected chi connectivity index (χ4v) is 4.89. The van der Waals surface area contributed by atoms with Gasteiger partial charge in [-0.05, 0) is 68.3 Å². The van der Waals surface area contributed by atoms with Gasteiger partial charge in [0.1, 0.15) is 17.9 Å². The van der Waals surface area contributed by atoms with Crippen molar-refractivity contribution in [2.24, 2.45) is 5.73 Å². The van der Waals surface area contributed by atoms with Gasteiger partial charge < -0.3 is 26.0 Å². The molecule has 0 aliphatic carbocycles. The number of benzene rings is 2. The summed E-state index contributed by atoms with van der Waals surface area (Å²) in [7, 11) is 1.62. The number of nitrogens with zero attached hydrogens (tertiary/aromatic N) is 6. The summed E-state index contributed by atoms with van der Waals surface area (Å²) in [4.78, 5) is 22.5. The maximum absolute atomic E-state index is 6.19. The topological polar surface area (TPSA) is 131 Å². The molecule has 10 nitrogen and oxygen atoms in total. The number of aryl methyl sites for hydroxylation is 1. The zero-order chi connectivity index (χ0) is 28.5. The summed E-state index contributed by atoms with van der Waals surface area (Å²) in [5.74, 6) is 2.27. The molecule has 1 saturated heterocycles. The molecule has 40 heavy (non-hydrogen) atoms. The Hall–Kier alpha value is -4.16. The van der Waals surface area contributed by atoms with E-state index in [1.807, 2.05) is 24.0 Å². The van der Waals surface area contributed by atoms with Gasteiger partial charge in [0.05, 0.1) is 12.8 Å². The van der Waals surface area contributed by atoms with Crippen LogP contribution in [-0.2, 0) is 0 Å². The van der Waals surface area contributed by atoms with E-state index in [-0.39, 0.29) is 0 Å². The number of rotatable bonds is 6. The lowest BCUT2D eigenvalue weighted by Gasteiger charge is -2.36. The molecule has 0 amide bonds. The van der Waals surface area contributed by atoms with Crippen molar-refractivity contribution >= 4 is 46.7 Å². The lowest BCUT2D eigenvalue weighted by Crippen LogP contribution is -2.50. The van der Waals surface area contributed by atoms with E-state index in [2.05, 4.69) is 60.7 Å². The number of ether oxygens (including phenoxy) is 1. The molecule has 208 valence electrons. The molecule has 1 aliphatic rings. The normalized spacial score (nSPS) is 12.8. The summed E-state index contributed by atoms with van der Waals surface area (Å²) in [6.07, 6.45) is 5.01. The first kappa shape index (κ1) is 28.8. The first-order valence-electron chi connectivity index (χ1n) is 12.7. The molecule has 1 fully saturated rings. The monoisotopic (exact) mass is 575 g/mol. The van der Waals surface area contributed by atoms with Gasteiger partial charge in [0.2, 0.25) is 5.95 Å². The molecule has 4 aromatic rings. The van der Waals surface area contributed by atoms with Crippen molar-refractivity contribution in [2.45, 2.75) is 18.7 Å². The molecule has 0 radical (unpaired) electrons. The third-order valence-corrected chi connectivity index (χ3v) is 7.36. The standard InChI is InChI=1S/C17H22N6OS.C11H11N3S/c1-11-15(13-4-3-12(24-2)9-14(13)18)20-10-21-16(11)22-5-7-23(8-6-22)17(19)25;1-9-3-5-10(6-4-9)15-14-11-12-7-2-8-13-11/h3-4,9-10H,5-8,18H2,1-2H3,(H2,19,25);2-8H,1H3,(H,12,13,14). The van der Waals surface area contributed by atoms with Crippen LogP contribution in [0.3, 0.4) is 0 Å². The number of hydrogen-bond acceptors (Lipinski definition) is 10. The average Bonchev–Trinajstić information content (AvgIpc) is 2.98. The molecule has 0 unspecified atom stereocenters. The largest absolute Gasteiger partial charge is 0.497 e. The van der Waals surface area contributed by atoms with Crippen LogP contribution in [0.15, 0.2) is 72.1 Å². The van der Waals surface area contributed by atoms with Gasteiger partial charge in [0.15, 0.2) is 5.11 Å². The van der Waals surface area contributed by atoms with Gasteiger partial charge in [-0.1, -0.05) is 17.7 Å². The van der Waals surface area contributed by atoms with Crippen LogP contribution >= 0.6 is 24.2 Å². The third-order valence-electron chi connectivity index (χ3n) is 6.31. The number of hydrogen-bond donors (Lipinski definition) is 3. The van der Waals surface area contributed by atoms with Gasteiger partial charge >= 0.3 is 0 Å². The lowest BCUT2D eigenvalue weighted by atomic mass is 10.0. The van der Waals surface area contributed by atoms with E-state index in [1.54, 1.807) is 38.0 Å². The van der Waals surface area contributed by atoms with Crippen LogP contribution in [0.25, 0.3) is 11.3 Å². The molecule has 0 saturated carbocycles. The summed E-state index contributed by atoms with van der Waals surface area (Å²) < 4.78 is 8.29. The van der Waals surface area contributed by atoms with E-state index in [0.717, 1.165) is 59.5 Å². The van der Waals surface area contributed by atoms with Gasteiger partial charge in [0, 0.05) is 66.3 Å². The zero-order valence-corrected chi connectivity index (χ0v) is 24.4. The maximum atomic E-state index is 6.19. The van der Waals surface area contributed by atoms with Crippen molar-refractivity contribution in [1.82, 2.24) is 24.8 Å². The van der Waals surface area contributed by atoms with Crippen molar-refractivity contribution in [3.8, 4) is 17.0 Å². The van der Waals surface area contributed by atoms with E-state index >= 15 is 0 Å². The smallest absolute Gasteiger partial charge is 0.233 e. The highest BCUT2D eigenvalue weighted by molar-refractivity contribution is 8.00. The quantitative estimate of drug-likeness (QED) is 0.172. The first-order valence-corrected chi connectivity index (χ1v) is 13.9. The van der Waals surface area contributed by atoms with Crippen molar-refractivity contribution in [2.75, 3.05) is 48.6 Å². The number of nitrogen functional groups attached to an aromatic ring is 1. The van der Waals surface area contributed by atoms with Crippen molar-refractivity contribution in [3.63, 3.8) is 0 Å². The molecule has 5 rings (SSSR count). The van der Waals surface area contributed by atoms with Crippen LogP contribution in [0.1, 0.15) is 11.1 Å². The average molecular weight is 576 g/mol. The van der Waals surface area contributed by atoms with Gasteiger partial charge in [-0.3, -0.25) is 4.72 Å².